The predicted octanol–water partition coefficient (Wildman–Crippen LogP) is 5.14. The van der Waals surface area contributed by atoms with Gasteiger partial charge in [-0.25, -0.2) is 0 Å². The summed E-state index contributed by atoms with van der Waals surface area (Å²) in [4.78, 5) is 2.13. The van der Waals surface area contributed by atoms with Crippen LogP contribution in [0.2, 0.25) is 10.0 Å². The summed E-state index contributed by atoms with van der Waals surface area (Å²) in [7, 11) is 0. The van der Waals surface area contributed by atoms with Crippen molar-refractivity contribution in [3.05, 3.63) is 58.1 Å². The molecule has 21 heavy (non-hydrogen) atoms. The molecule has 0 aliphatic carbocycles. The Bertz CT molecular complexity index is 702. The smallest absolute Gasteiger partial charge is 0.178 e. The second-order valence-corrected chi connectivity index (χ2v) is 6.34. The fraction of sp³-hybridized carbons (Fsp3) is 0.188. The van der Waals surface area contributed by atoms with Crippen LogP contribution in [0.1, 0.15) is 12.5 Å². The molecule has 1 unspecified atom stereocenters. The molecule has 1 aliphatic heterocycles. The van der Waals surface area contributed by atoms with Crippen LogP contribution in [0.3, 0.4) is 0 Å². The number of nitrogens with zero attached hydrogens (tertiary/aromatic N) is 1. The number of para-hydroxylation sites is 1. The Morgan fingerprint density at radius 3 is 2.81 bits per heavy atom. The Balaban J connectivity index is 1.87. The Labute approximate surface area is 139 Å². The number of hydrogen-bond donors (Lipinski definition) is 1. The second kappa shape index (κ2) is 5.84. The van der Waals surface area contributed by atoms with Crippen molar-refractivity contribution >= 4 is 51.9 Å². The minimum absolute atomic E-state index is 0.320. The van der Waals surface area contributed by atoms with E-state index < -0.39 is 0 Å². The monoisotopic (exact) mass is 336 g/mol. The predicted molar refractivity (Wildman–Crippen MR) is 94.8 cm³/mol. The number of hydrogen-bond acceptors (Lipinski definition) is 1. The van der Waals surface area contributed by atoms with Gasteiger partial charge in [-0.15, -0.1) is 0 Å². The number of anilines is 2. The first-order chi connectivity index (χ1) is 10.1. The van der Waals surface area contributed by atoms with Crippen LogP contribution in [0.25, 0.3) is 0 Å². The molecule has 0 spiro atoms. The fourth-order valence-electron chi connectivity index (χ4n) is 2.64. The number of thiocarbonyl (C=S) groups is 1. The van der Waals surface area contributed by atoms with Crippen LogP contribution < -0.4 is 10.2 Å². The minimum atomic E-state index is 0.320. The summed E-state index contributed by atoms with van der Waals surface area (Å²) in [5.74, 6) is 0. The lowest BCUT2D eigenvalue weighted by Crippen LogP contribution is -2.38. The van der Waals surface area contributed by atoms with E-state index in [1.807, 2.05) is 6.07 Å². The molecule has 1 aliphatic rings. The summed E-state index contributed by atoms with van der Waals surface area (Å²) in [5, 5.41) is 5.06. The summed E-state index contributed by atoms with van der Waals surface area (Å²) in [5.41, 5.74) is 3.19. The molecule has 0 bridgehead atoms. The van der Waals surface area contributed by atoms with Crippen molar-refractivity contribution in [2.24, 2.45) is 0 Å². The molecular weight excluding hydrogens is 323 g/mol. The SMILES string of the molecule is CC1Cc2ccccc2N1C(=S)Nc1cc(Cl)ccc1Cl. The van der Waals surface area contributed by atoms with Crippen molar-refractivity contribution < 1.29 is 0 Å². The lowest BCUT2D eigenvalue weighted by molar-refractivity contribution is 0.776. The van der Waals surface area contributed by atoms with Gasteiger partial charge in [-0.2, -0.15) is 0 Å². The molecule has 2 nitrogen and oxygen atoms in total. The van der Waals surface area contributed by atoms with E-state index in [4.69, 9.17) is 35.4 Å². The zero-order chi connectivity index (χ0) is 15.0. The molecular formula is C16H14Cl2N2S. The van der Waals surface area contributed by atoms with Crippen LogP contribution in [0.4, 0.5) is 11.4 Å². The van der Waals surface area contributed by atoms with E-state index >= 15 is 0 Å². The molecule has 0 saturated heterocycles. The maximum atomic E-state index is 6.18. The molecule has 1 heterocycles. The zero-order valence-corrected chi connectivity index (χ0v) is 13.8. The number of benzene rings is 2. The third-order valence-corrected chi connectivity index (χ3v) is 4.46. The fourth-order valence-corrected chi connectivity index (χ4v) is 3.37. The van der Waals surface area contributed by atoms with Gasteiger partial charge in [-0.1, -0.05) is 41.4 Å². The summed E-state index contributed by atoms with van der Waals surface area (Å²) >= 11 is 17.8. The molecule has 3 rings (SSSR count). The standard InChI is InChI=1S/C16H14Cl2N2S/c1-10-8-11-4-2-3-5-15(11)20(10)16(21)19-14-9-12(17)6-7-13(14)18/h2-7,9-10H,8H2,1H3,(H,19,21). The third kappa shape index (κ3) is 2.86. The average molecular weight is 337 g/mol. The first-order valence-electron chi connectivity index (χ1n) is 6.69. The lowest BCUT2D eigenvalue weighted by atomic mass is 10.1. The zero-order valence-electron chi connectivity index (χ0n) is 11.4. The van der Waals surface area contributed by atoms with Gasteiger partial charge >= 0.3 is 0 Å². The highest BCUT2D eigenvalue weighted by Crippen LogP contribution is 2.33. The van der Waals surface area contributed by atoms with Gasteiger partial charge in [0.1, 0.15) is 0 Å². The van der Waals surface area contributed by atoms with Crippen molar-refractivity contribution in [1.82, 2.24) is 0 Å². The van der Waals surface area contributed by atoms with Gasteiger partial charge < -0.3 is 10.2 Å². The van der Waals surface area contributed by atoms with Gasteiger partial charge in [0, 0.05) is 16.8 Å². The highest BCUT2D eigenvalue weighted by molar-refractivity contribution is 7.80. The van der Waals surface area contributed by atoms with Gasteiger partial charge in [0.2, 0.25) is 0 Å². The number of nitrogens with one attached hydrogen (secondary N) is 1. The lowest BCUT2D eigenvalue weighted by Gasteiger charge is -2.26. The molecule has 2 aromatic carbocycles. The molecule has 0 radical (unpaired) electrons. The van der Waals surface area contributed by atoms with Gasteiger partial charge in [-0.05, 0) is 55.4 Å². The first-order valence-corrected chi connectivity index (χ1v) is 7.86. The summed E-state index contributed by atoms with van der Waals surface area (Å²) < 4.78 is 0. The van der Waals surface area contributed by atoms with Gasteiger partial charge in [-0.3, -0.25) is 0 Å². The van der Waals surface area contributed by atoms with Crippen molar-refractivity contribution in [1.29, 1.82) is 0 Å². The minimum Gasteiger partial charge on any atom is -0.331 e. The topological polar surface area (TPSA) is 15.3 Å². The number of rotatable bonds is 1. The second-order valence-electron chi connectivity index (χ2n) is 5.11. The van der Waals surface area contributed by atoms with Crippen molar-refractivity contribution in [2.75, 3.05) is 10.2 Å². The molecule has 0 amide bonds. The van der Waals surface area contributed by atoms with E-state index in [0.717, 1.165) is 17.8 Å². The highest BCUT2D eigenvalue weighted by atomic mass is 35.5. The Morgan fingerprint density at radius 1 is 1.24 bits per heavy atom. The van der Waals surface area contributed by atoms with E-state index in [9.17, 15) is 0 Å². The van der Waals surface area contributed by atoms with Gasteiger partial charge in [0.25, 0.3) is 0 Å². The van der Waals surface area contributed by atoms with E-state index in [0.29, 0.717) is 21.2 Å². The molecule has 0 fully saturated rings. The maximum Gasteiger partial charge on any atom is 0.178 e. The van der Waals surface area contributed by atoms with E-state index in [1.54, 1.807) is 18.2 Å². The molecule has 1 atom stereocenters. The molecule has 108 valence electrons. The van der Waals surface area contributed by atoms with E-state index in [2.05, 4.69) is 35.3 Å². The number of fused-ring (bicyclic) bond motifs is 1. The van der Waals surface area contributed by atoms with Crippen molar-refractivity contribution in [3.8, 4) is 0 Å². The Kier molecular flexibility index (Phi) is 4.07. The van der Waals surface area contributed by atoms with Gasteiger partial charge in [0.15, 0.2) is 5.11 Å². The van der Waals surface area contributed by atoms with Crippen molar-refractivity contribution in [2.45, 2.75) is 19.4 Å². The van der Waals surface area contributed by atoms with Crippen LogP contribution in [0.5, 0.6) is 0 Å². The average Bonchev–Trinajstić information content (AvgIpc) is 2.78. The van der Waals surface area contributed by atoms with Crippen LogP contribution in [-0.4, -0.2) is 11.2 Å². The summed E-state index contributed by atoms with van der Waals surface area (Å²) in [6.07, 6.45) is 0.987. The summed E-state index contributed by atoms with van der Waals surface area (Å²) in [6, 6.07) is 13.9. The van der Waals surface area contributed by atoms with Gasteiger partial charge in [0.05, 0.1) is 10.7 Å². The highest BCUT2D eigenvalue weighted by Gasteiger charge is 2.28. The van der Waals surface area contributed by atoms with E-state index in [1.165, 1.54) is 5.56 Å². The largest absolute Gasteiger partial charge is 0.331 e. The quantitative estimate of drug-likeness (QED) is 0.725. The third-order valence-electron chi connectivity index (χ3n) is 3.60. The molecule has 0 saturated carbocycles. The van der Waals surface area contributed by atoms with Crippen LogP contribution in [-0.2, 0) is 6.42 Å². The van der Waals surface area contributed by atoms with Crippen LogP contribution >= 0.6 is 35.4 Å². The van der Waals surface area contributed by atoms with E-state index in [-0.39, 0.29) is 0 Å². The number of halogens is 2. The Morgan fingerprint density at radius 2 is 2.00 bits per heavy atom. The molecule has 1 N–H and O–H groups in total. The first kappa shape index (κ1) is 14.6. The van der Waals surface area contributed by atoms with Crippen LogP contribution in [0, 0.1) is 0 Å². The molecule has 0 aromatic heterocycles. The van der Waals surface area contributed by atoms with Crippen LogP contribution in [0.15, 0.2) is 42.5 Å². The maximum absolute atomic E-state index is 6.18. The van der Waals surface area contributed by atoms with Crippen molar-refractivity contribution in [3.63, 3.8) is 0 Å². The Hall–Kier alpha value is -1.29. The summed E-state index contributed by atoms with van der Waals surface area (Å²) in [6.45, 7) is 2.16. The molecule has 2 aromatic rings. The normalized spacial score (nSPS) is 16.7. The molecule has 5 heteroatoms.